The number of likely N-dealkylation sites (tertiary alicyclic amines) is 1. The van der Waals surface area contributed by atoms with Gasteiger partial charge < -0.3 is 15.1 Å². The maximum Gasteiger partial charge on any atom is 0.225 e. The zero-order chi connectivity index (χ0) is 21.5. The molecular weight excluding hydrogens is 408 g/mol. The molecule has 0 unspecified atom stereocenters. The number of guanidine groups is 1. The summed E-state index contributed by atoms with van der Waals surface area (Å²) in [5, 5.41) is 6.85. The second-order valence-electron chi connectivity index (χ2n) is 8.29. The third kappa shape index (κ3) is 6.13. The Hall–Kier alpha value is -2.26. The SMILES string of the molecule is CCNC(=NCC1CCN(Cc2csc(C)n2)CC1)N1CCN(c2ncccn2)CC1. The van der Waals surface area contributed by atoms with Crippen molar-refractivity contribution < 1.29 is 0 Å². The van der Waals surface area contributed by atoms with E-state index in [0.717, 1.165) is 75.8 Å². The van der Waals surface area contributed by atoms with Crippen LogP contribution in [0.25, 0.3) is 0 Å². The lowest BCUT2D eigenvalue weighted by Crippen LogP contribution is -2.53. The summed E-state index contributed by atoms with van der Waals surface area (Å²) in [6, 6.07) is 1.86. The maximum absolute atomic E-state index is 5.02. The van der Waals surface area contributed by atoms with Gasteiger partial charge in [-0.2, -0.15) is 0 Å². The molecule has 0 bridgehead atoms. The van der Waals surface area contributed by atoms with Gasteiger partial charge in [0.2, 0.25) is 5.95 Å². The first kappa shape index (κ1) is 22.0. The lowest BCUT2D eigenvalue weighted by Gasteiger charge is -2.37. The van der Waals surface area contributed by atoms with Crippen molar-refractivity contribution in [2.75, 3.05) is 57.3 Å². The molecule has 31 heavy (non-hydrogen) atoms. The molecular formula is C22H34N8S. The molecule has 2 aliphatic rings. The minimum absolute atomic E-state index is 0.668. The highest BCUT2D eigenvalue weighted by atomic mass is 32.1. The molecule has 0 aromatic carbocycles. The number of nitrogens with zero attached hydrogens (tertiary/aromatic N) is 7. The molecule has 168 valence electrons. The van der Waals surface area contributed by atoms with Gasteiger partial charge in [-0.15, -0.1) is 11.3 Å². The second kappa shape index (κ2) is 10.9. The van der Waals surface area contributed by atoms with Crippen molar-refractivity contribution in [2.24, 2.45) is 10.9 Å². The average molecular weight is 443 g/mol. The number of piperazine rings is 1. The van der Waals surface area contributed by atoms with Gasteiger partial charge in [0.1, 0.15) is 0 Å². The monoisotopic (exact) mass is 442 g/mol. The summed E-state index contributed by atoms with van der Waals surface area (Å²) in [6.07, 6.45) is 6.04. The van der Waals surface area contributed by atoms with Gasteiger partial charge in [0, 0.05) is 63.6 Å². The van der Waals surface area contributed by atoms with Gasteiger partial charge in [0.05, 0.1) is 10.7 Å². The minimum Gasteiger partial charge on any atom is -0.357 e. The van der Waals surface area contributed by atoms with Crippen LogP contribution >= 0.6 is 11.3 Å². The summed E-state index contributed by atoms with van der Waals surface area (Å²) in [5.41, 5.74) is 1.22. The summed E-state index contributed by atoms with van der Waals surface area (Å²) in [7, 11) is 0. The number of aromatic nitrogens is 3. The van der Waals surface area contributed by atoms with Crippen LogP contribution in [-0.2, 0) is 6.54 Å². The Balaban J connectivity index is 1.25. The molecule has 2 aromatic heterocycles. The number of thiazole rings is 1. The number of hydrogen-bond acceptors (Lipinski definition) is 7. The van der Waals surface area contributed by atoms with E-state index >= 15 is 0 Å². The van der Waals surface area contributed by atoms with Gasteiger partial charge in [0.25, 0.3) is 0 Å². The number of hydrogen-bond donors (Lipinski definition) is 1. The highest BCUT2D eigenvalue weighted by Gasteiger charge is 2.23. The Morgan fingerprint density at radius 1 is 1.13 bits per heavy atom. The highest BCUT2D eigenvalue weighted by Crippen LogP contribution is 2.20. The molecule has 8 nitrogen and oxygen atoms in total. The Morgan fingerprint density at radius 3 is 2.52 bits per heavy atom. The normalized spacial score (nSPS) is 19.1. The first-order valence-corrected chi connectivity index (χ1v) is 12.3. The molecule has 2 aliphatic heterocycles. The molecule has 0 atom stereocenters. The third-order valence-corrected chi connectivity index (χ3v) is 6.83. The average Bonchev–Trinajstić information content (AvgIpc) is 3.23. The molecule has 4 rings (SSSR count). The van der Waals surface area contributed by atoms with Crippen LogP contribution in [0.5, 0.6) is 0 Å². The zero-order valence-electron chi connectivity index (χ0n) is 18.7. The van der Waals surface area contributed by atoms with Gasteiger partial charge in [0.15, 0.2) is 5.96 Å². The smallest absolute Gasteiger partial charge is 0.225 e. The molecule has 0 radical (unpaired) electrons. The first-order valence-electron chi connectivity index (χ1n) is 11.4. The third-order valence-electron chi connectivity index (χ3n) is 6.01. The number of aryl methyl sites for hydroxylation is 1. The van der Waals surface area contributed by atoms with Crippen molar-refractivity contribution in [1.29, 1.82) is 0 Å². The van der Waals surface area contributed by atoms with Gasteiger partial charge in [-0.05, 0) is 51.8 Å². The Labute approximate surface area is 189 Å². The van der Waals surface area contributed by atoms with Gasteiger partial charge >= 0.3 is 0 Å². The summed E-state index contributed by atoms with van der Waals surface area (Å²) >= 11 is 1.74. The Morgan fingerprint density at radius 2 is 1.87 bits per heavy atom. The molecule has 1 N–H and O–H groups in total. The molecule has 9 heteroatoms. The second-order valence-corrected chi connectivity index (χ2v) is 9.36. The van der Waals surface area contributed by atoms with Gasteiger partial charge in [-0.1, -0.05) is 0 Å². The zero-order valence-corrected chi connectivity index (χ0v) is 19.5. The van der Waals surface area contributed by atoms with E-state index < -0.39 is 0 Å². The van der Waals surface area contributed by atoms with Crippen LogP contribution in [0.3, 0.4) is 0 Å². The quantitative estimate of drug-likeness (QED) is 0.543. The molecule has 0 saturated carbocycles. The number of piperidine rings is 1. The highest BCUT2D eigenvalue weighted by molar-refractivity contribution is 7.09. The predicted molar refractivity (Wildman–Crippen MR) is 127 cm³/mol. The van der Waals surface area contributed by atoms with Crippen molar-refractivity contribution >= 4 is 23.2 Å². The topological polar surface area (TPSA) is 72.8 Å². The predicted octanol–water partition coefficient (Wildman–Crippen LogP) is 2.24. The molecule has 2 fully saturated rings. The van der Waals surface area contributed by atoms with E-state index in [2.05, 4.69) is 54.2 Å². The van der Waals surface area contributed by atoms with E-state index in [9.17, 15) is 0 Å². The fourth-order valence-electron chi connectivity index (χ4n) is 4.25. The van der Waals surface area contributed by atoms with Crippen molar-refractivity contribution in [3.05, 3.63) is 34.5 Å². The lowest BCUT2D eigenvalue weighted by molar-refractivity contribution is 0.179. The molecule has 0 aliphatic carbocycles. The molecule has 0 spiro atoms. The van der Waals surface area contributed by atoms with Crippen LogP contribution in [0, 0.1) is 12.8 Å². The first-order chi connectivity index (χ1) is 15.2. The van der Waals surface area contributed by atoms with Crippen LogP contribution in [0.15, 0.2) is 28.8 Å². The number of aliphatic imine (C=N–C) groups is 1. The standard InChI is InChI=1S/C22H34N8S/c1-3-23-21(29-11-13-30(14-12-29)22-24-7-4-8-25-22)26-15-19-5-9-28(10-6-19)16-20-17-31-18(2)27-20/h4,7-8,17,19H,3,5-6,9-16H2,1-2H3,(H,23,26). The fraction of sp³-hybridized carbons (Fsp3) is 0.636. The fourth-order valence-corrected chi connectivity index (χ4v) is 4.86. The Kier molecular flexibility index (Phi) is 7.69. The van der Waals surface area contributed by atoms with Crippen LogP contribution < -0.4 is 10.2 Å². The lowest BCUT2D eigenvalue weighted by atomic mass is 9.97. The van der Waals surface area contributed by atoms with Gasteiger partial charge in [-0.3, -0.25) is 9.89 Å². The van der Waals surface area contributed by atoms with E-state index in [1.807, 2.05) is 18.5 Å². The molecule has 4 heterocycles. The number of nitrogens with one attached hydrogen (secondary N) is 1. The van der Waals surface area contributed by atoms with Crippen LogP contribution in [0.1, 0.15) is 30.5 Å². The van der Waals surface area contributed by atoms with Crippen LogP contribution in [-0.4, -0.2) is 83.1 Å². The van der Waals surface area contributed by atoms with Crippen molar-refractivity contribution in [1.82, 2.24) is 30.1 Å². The van der Waals surface area contributed by atoms with Crippen molar-refractivity contribution in [3.8, 4) is 0 Å². The van der Waals surface area contributed by atoms with E-state index in [0.29, 0.717) is 5.92 Å². The molecule has 2 aromatic rings. The van der Waals surface area contributed by atoms with Crippen molar-refractivity contribution in [3.63, 3.8) is 0 Å². The number of rotatable bonds is 6. The summed E-state index contributed by atoms with van der Waals surface area (Å²) in [4.78, 5) is 25.6. The molecule has 0 amide bonds. The maximum atomic E-state index is 5.02. The molecule has 2 saturated heterocycles. The van der Waals surface area contributed by atoms with Crippen LogP contribution in [0.2, 0.25) is 0 Å². The van der Waals surface area contributed by atoms with E-state index in [4.69, 9.17) is 4.99 Å². The van der Waals surface area contributed by atoms with E-state index in [1.54, 1.807) is 11.3 Å². The summed E-state index contributed by atoms with van der Waals surface area (Å²) in [6.45, 7) is 13.0. The number of anilines is 1. The minimum atomic E-state index is 0.668. The summed E-state index contributed by atoms with van der Waals surface area (Å²) < 4.78 is 0. The largest absolute Gasteiger partial charge is 0.357 e. The van der Waals surface area contributed by atoms with Gasteiger partial charge in [-0.25, -0.2) is 15.0 Å². The van der Waals surface area contributed by atoms with E-state index in [1.165, 1.54) is 18.5 Å². The van der Waals surface area contributed by atoms with Crippen LogP contribution in [0.4, 0.5) is 5.95 Å². The Bertz CT molecular complexity index is 823. The van der Waals surface area contributed by atoms with Crippen molar-refractivity contribution in [2.45, 2.75) is 33.2 Å². The van der Waals surface area contributed by atoms with E-state index in [-0.39, 0.29) is 0 Å². The summed E-state index contributed by atoms with van der Waals surface area (Å²) in [5.74, 6) is 2.54.